The summed E-state index contributed by atoms with van der Waals surface area (Å²) in [6, 6.07) is 16.3. The molecule has 18 heavy (non-hydrogen) atoms. The molecule has 0 amide bonds. The number of benzene rings is 2. The fourth-order valence-electron chi connectivity index (χ4n) is 1.61. The first kappa shape index (κ1) is 12.7. The Morgan fingerprint density at radius 1 is 1.11 bits per heavy atom. The van der Waals surface area contributed by atoms with Crippen LogP contribution in [-0.2, 0) is 4.79 Å². The lowest BCUT2D eigenvalue weighted by Crippen LogP contribution is -2.16. The van der Waals surface area contributed by atoms with Gasteiger partial charge in [-0.05, 0) is 36.8 Å². The van der Waals surface area contributed by atoms with E-state index in [-0.39, 0.29) is 11.9 Å². The van der Waals surface area contributed by atoms with Crippen molar-refractivity contribution in [2.24, 2.45) is 0 Å². The zero-order chi connectivity index (χ0) is 13.0. The number of hydrogen-bond acceptors (Lipinski definition) is 2. The predicted octanol–water partition coefficient (Wildman–Crippen LogP) is 4.05. The van der Waals surface area contributed by atoms with Crippen LogP contribution in [0.2, 0.25) is 5.02 Å². The highest BCUT2D eigenvalue weighted by Gasteiger charge is 2.17. The number of carbonyl (C=O) groups excluding carboxylic acids is 1. The molecule has 0 heterocycles. The molecule has 0 aliphatic heterocycles. The summed E-state index contributed by atoms with van der Waals surface area (Å²) in [5.41, 5.74) is 0.850. The zero-order valence-electron chi connectivity index (χ0n) is 9.97. The van der Waals surface area contributed by atoms with Crippen LogP contribution < -0.4 is 4.74 Å². The van der Waals surface area contributed by atoms with E-state index in [0.29, 0.717) is 10.8 Å². The Balaban J connectivity index is 2.10. The second-order valence-electron chi connectivity index (χ2n) is 4.01. The van der Waals surface area contributed by atoms with Crippen molar-refractivity contribution in [1.29, 1.82) is 0 Å². The minimum absolute atomic E-state index is 0.288. The lowest BCUT2D eigenvalue weighted by atomic mass is 10.0. The molecule has 2 nitrogen and oxygen atoms in total. The van der Waals surface area contributed by atoms with Crippen LogP contribution in [0, 0.1) is 0 Å². The Bertz CT molecular complexity index is 537. The van der Waals surface area contributed by atoms with Gasteiger partial charge in [0.1, 0.15) is 5.75 Å². The van der Waals surface area contributed by atoms with E-state index in [1.165, 1.54) is 0 Å². The standard InChI is InChI=1S/C15H13ClO2/c1-11(12-6-5-7-13(16)10-12)15(17)18-14-8-3-2-4-9-14/h2-11H,1H3/t11-/m1/s1. The maximum absolute atomic E-state index is 12.0. The number of ether oxygens (including phenoxy) is 1. The van der Waals surface area contributed by atoms with E-state index < -0.39 is 0 Å². The van der Waals surface area contributed by atoms with Crippen molar-refractivity contribution in [3.05, 3.63) is 65.2 Å². The van der Waals surface area contributed by atoms with Gasteiger partial charge in [0.05, 0.1) is 5.92 Å². The third kappa shape index (κ3) is 3.11. The number of esters is 1. The molecule has 0 N–H and O–H groups in total. The molecule has 0 radical (unpaired) electrons. The SMILES string of the molecule is C[C@@H](C(=O)Oc1ccccc1)c1cccc(Cl)c1. The highest BCUT2D eigenvalue weighted by molar-refractivity contribution is 6.30. The predicted molar refractivity (Wildman–Crippen MR) is 71.9 cm³/mol. The molecule has 2 aromatic rings. The van der Waals surface area contributed by atoms with Gasteiger partial charge in [-0.15, -0.1) is 0 Å². The summed E-state index contributed by atoms with van der Waals surface area (Å²) < 4.78 is 5.29. The minimum Gasteiger partial charge on any atom is -0.426 e. The molecule has 0 aliphatic rings. The normalized spacial score (nSPS) is 11.9. The van der Waals surface area contributed by atoms with Crippen molar-refractivity contribution in [2.45, 2.75) is 12.8 Å². The molecule has 0 saturated heterocycles. The molecule has 0 fully saturated rings. The molecule has 0 aliphatic carbocycles. The van der Waals surface area contributed by atoms with Crippen LogP contribution in [0.3, 0.4) is 0 Å². The summed E-state index contributed by atoms with van der Waals surface area (Å²) >= 11 is 5.90. The second kappa shape index (κ2) is 5.69. The van der Waals surface area contributed by atoms with Crippen LogP contribution in [-0.4, -0.2) is 5.97 Å². The van der Waals surface area contributed by atoms with Crippen LogP contribution in [0.1, 0.15) is 18.4 Å². The van der Waals surface area contributed by atoms with Gasteiger partial charge in [-0.2, -0.15) is 0 Å². The number of halogens is 1. The lowest BCUT2D eigenvalue weighted by molar-refractivity contribution is -0.135. The van der Waals surface area contributed by atoms with Gasteiger partial charge in [0.15, 0.2) is 0 Å². The summed E-state index contributed by atoms with van der Waals surface area (Å²) in [5.74, 6) is -0.0799. The third-order valence-corrected chi connectivity index (χ3v) is 2.90. The molecule has 1 atom stereocenters. The maximum Gasteiger partial charge on any atom is 0.318 e. The van der Waals surface area contributed by atoms with Crippen LogP contribution in [0.15, 0.2) is 54.6 Å². The zero-order valence-corrected chi connectivity index (χ0v) is 10.7. The minimum atomic E-state index is -0.344. The average molecular weight is 261 g/mol. The second-order valence-corrected chi connectivity index (χ2v) is 4.45. The molecule has 0 unspecified atom stereocenters. The van der Waals surface area contributed by atoms with E-state index in [1.54, 1.807) is 31.2 Å². The molecule has 0 aromatic heterocycles. The van der Waals surface area contributed by atoms with Crippen molar-refractivity contribution in [3.8, 4) is 5.75 Å². The van der Waals surface area contributed by atoms with E-state index in [2.05, 4.69) is 0 Å². The van der Waals surface area contributed by atoms with E-state index in [1.807, 2.05) is 30.3 Å². The Labute approximate surface area is 111 Å². The largest absolute Gasteiger partial charge is 0.426 e. The van der Waals surface area contributed by atoms with Gasteiger partial charge in [-0.1, -0.05) is 41.9 Å². The third-order valence-electron chi connectivity index (χ3n) is 2.66. The quantitative estimate of drug-likeness (QED) is 0.615. The first-order valence-electron chi connectivity index (χ1n) is 5.69. The molecule has 0 saturated carbocycles. The van der Waals surface area contributed by atoms with Gasteiger partial charge in [-0.3, -0.25) is 4.79 Å². The Morgan fingerprint density at radius 2 is 1.83 bits per heavy atom. The molecule has 2 aromatic carbocycles. The number of hydrogen-bond donors (Lipinski definition) is 0. The van der Waals surface area contributed by atoms with E-state index in [0.717, 1.165) is 5.56 Å². The van der Waals surface area contributed by atoms with Crippen LogP contribution >= 0.6 is 11.6 Å². The van der Waals surface area contributed by atoms with Crippen LogP contribution in [0.5, 0.6) is 5.75 Å². The molecule has 3 heteroatoms. The average Bonchev–Trinajstić information content (AvgIpc) is 2.39. The molecular weight excluding hydrogens is 248 g/mol. The highest BCUT2D eigenvalue weighted by atomic mass is 35.5. The highest BCUT2D eigenvalue weighted by Crippen LogP contribution is 2.21. The van der Waals surface area contributed by atoms with Gasteiger partial charge >= 0.3 is 5.97 Å². The van der Waals surface area contributed by atoms with Crippen molar-refractivity contribution in [2.75, 3.05) is 0 Å². The van der Waals surface area contributed by atoms with Crippen molar-refractivity contribution >= 4 is 17.6 Å². The molecule has 0 spiro atoms. The topological polar surface area (TPSA) is 26.3 Å². The maximum atomic E-state index is 12.0. The summed E-state index contributed by atoms with van der Waals surface area (Å²) in [6.07, 6.45) is 0. The fraction of sp³-hybridized carbons (Fsp3) is 0.133. The van der Waals surface area contributed by atoms with Crippen molar-refractivity contribution in [3.63, 3.8) is 0 Å². The fourth-order valence-corrected chi connectivity index (χ4v) is 1.80. The lowest BCUT2D eigenvalue weighted by Gasteiger charge is -2.11. The summed E-state index contributed by atoms with van der Waals surface area (Å²) in [5, 5.41) is 0.617. The van der Waals surface area contributed by atoms with Gasteiger partial charge in [0.25, 0.3) is 0 Å². The van der Waals surface area contributed by atoms with E-state index in [9.17, 15) is 4.79 Å². The summed E-state index contributed by atoms with van der Waals surface area (Å²) in [6.45, 7) is 1.80. The van der Waals surface area contributed by atoms with Crippen LogP contribution in [0.4, 0.5) is 0 Å². The smallest absolute Gasteiger partial charge is 0.318 e. The summed E-state index contributed by atoms with van der Waals surface area (Å²) in [4.78, 5) is 12.0. The van der Waals surface area contributed by atoms with Crippen LogP contribution in [0.25, 0.3) is 0 Å². The van der Waals surface area contributed by atoms with Crippen molar-refractivity contribution < 1.29 is 9.53 Å². The van der Waals surface area contributed by atoms with Gasteiger partial charge in [0, 0.05) is 5.02 Å². The Kier molecular flexibility index (Phi) is 4.00. The molecule has 0 bridgehead atoms. The molecular formula is C15H13ClO2. The van der Waals surface area contributed by atoms with E-state index in [4.69, 9.17) is 16.3 Å². The molecule has 2 rings (SSSR count). The van der Waals surface area contributed by atoms with Gasteiger partial charge in [-0.25, -0.2) is 0 Å². The van der Waals surface area contributed by atoms with E-state index >= 15 is 0 Å². The Hall–Kier alpha value is -1.80. The van der Waals surface area contributed by atoms with Crippen molar-refractivity contribution in [1.82, 2.24) is 0 Å². The van der Waals surface area contributed by atoms with Gasteiger partial charge in [0.2, 0.25) is 0 Å². The monoisotopic (exact) mass is 260 g/mol. The first-order chi connectivity index (χ1) is 8.66. The number of carbonyl (C=O) groups is 1. The molecule has 92 valence electrons. The summed E-state index contributed by atoms with van der Waals surface area (Å²) in [7, 11) is 0. The first-order valence-corrected chi connectivity index (χ1v) is 6.07. The number of rotatable bonds is 3. The Morgan fingerprint density at radius 3 is 2.50 bits per heavy atom. The van der Waals surface area contributed by atoms with Gasteiger partial charge < -0.3 is 4.74 Å². The number of para-hydroxylation sites is 1.